The fraction of sp³-hybridized carbons (Fsp3) is 0.294. The quantitative estimate of drug-likeness (QED) is 0.758. The summed E-state index contributed by atoms with van der Waals surface area (Å²) in [5, 5.41) is 0.691. The molecule has 4 nitrogen and oxygen atoms in total. The molecule has 2 aromatic rings. The molecular formula is C17H19ClN2O2S2. The van der Waals surface area contributed by atoms with Gasteiger partial charge in [0.15, 0.2) is 0 Å². The molecule has 0 bridgehead atoms. The number of thioether (sulfide) groups is 1. The van der Waals surface area contributed by atoms with E-state index < -0.39 is 10.0 Å². The molecule has 1 aliphatic heterocycles. The average Bonchev–Trinajstić information content (AvgIpc) is 2.62. The van der Waals surface area contributed by atoms with E-state index in [0.717, 1.165) is 10.6 Å². The number of rotatable bonds is 4. The summed E-state index contributed by atoms with van der Waals surface area (Å²) in [5.41, 5.74) is 1.03. The Bertz CT molecular complexity index is 802. The molecule has 128 valence electrons. The molecule has 1 heterocycles. The predicted octanol–water partition coefficient (Wildman–Crippen LogP) is 3.57. The number of hydrogen-bond acceptors (Lipinski definition) is 4. The molecule has 0 amide bonds. The lowest BCUT2D eigenvalue weighted by atomic mass is 10.2. The average molecular weight is 383 g/mol. The third-order valence-corrected chi connectivity index (χ3v) is 7.00. The van der Waals surface area contributed by atoms with Gasteiger partial charge in [-0.3, -0.25) is 0 Å². The van der Waals surface area contributed by atoms with Crippen molar-refractivity contribution in [2.45, 2.75) is 9.79 Å². The van der Waals surface area contributed by atoms with Crippen LogP contribution in [0.25, 0.3) is 0 Å². The van der Waals surface area contributed by atoms with Crippen LogP contribution in [0.5, 0.6) is 0 Å². The Morgan fingerprint density at radius 3 is 2.25 bits per heavy atom. The fourth-order valence-electron chi connectivity index (χ4n) is 2.76. The zero-order chi connectivity index (χ0) is 17.2. The number of benzene rings is 2. The zero-order valence-electron chi connectivity index (χ0n) is 13.4. The Morgan fingerprint density at radius 2 is 1.67 bits per heavy atom. The molecule has 0 saturated carbocycles. The van der Waals surface area contributed by atoms with E-state index in [0.29, 0.717) is 36.1 Å². The van der Waals surface area contributed by atoms with Crippen LogP contribution < -0.4 is 4.90 Å². The van der Waals surface area contributed by atoms with Crippen molar-refractivity contribution in [3.63, 3.8) is 0 Å². The summed E-state index contributed by atoms with van der Waals surface area (Å²) in [6.07, 6.45) is 1.97. The summed E-state index contributed by atoms with van der Waals surface area (Å²) in [5.74, 6) is 0. The van der Waals surface area contributed by atoms with Gasteiger partial charge in [0, 0.05) is 41.8 Å². The van der Waals surface area contributed by atoms with Gasteiger partial charge < -0.3 is 4.90 Å². The van der Waals surface area contributed by atoms with Crippen LogP contribution in [0.2, 0.25) is 5.02 Å². The summed E-state index contributed by atoms with van der Waals surface area (Å²) in [6, 6.07) is 14.7. The van der Waals surface area contributed by atoms with Gasteiger partial charge in [0.25, 0.3) is 0 Å². The van der Waals surface area contributed by atoms with E-state index in [4.69, 9.17) is 11.6 Å². The lowest BCUT2D eigenvalue weighted by molar-refractivity contribution is 0.385. The minimum atomic E-state index is -3.43. The summed E-state index contributed by atoms with van der Waals surface area (Å²) in [4.78, 5) is 3.57. The first kappa shape index (κ1) is 17.6. The molecule has 1 saturated heterocycles. The third kappa shape index (κ3) is 3.72. The third-order valence-electron chi connectivity index (χ3n) is 4.11. The van der Waals surface area contributed by atoms with E-state index in [2.05, 4.69) is 4.90 Å². The van der Waals surface area contributed by atoms with Gasteiger partial charge >= 0.3 is 0 Å². The first-order valence-corrected chi connectivity index (χ1v) is 10.7. The van der Waals surface area contributed by atoms with Gasteiger partial charge in [0.2, 0.25) is 10.0 Å². The summed E-state index contributed by atoms with van der Waals surface area (Å²) in [6.45, 7) is 2.25. The second kappa shape index (κ2) is 7.35. The largest absolute Gasteiger partial charge is 0.369 e. The van der Waals surface area contributed by atoms with Crippen LogP contribution in [0.4, 0.5) is 5.69 Å². The van der Waals surface area contributed by atoms with Gasteiger partial charge in [-0.1, -0.05) is 17.7 Å². The number of halogens is 1. The monoisotopic (exact) mass is 382 g/mol. The van der Waals surface area contributed by atoms with Crippen LogP contribution in [-0.4, -0.2) is 45.2 Å². The Labute approximate surface area is 152 Å². The molecule has 2 aromatic carbocycles. The number of hydrogen-bond donors (Lipinski definition) is 0. The van der Waals surface area contributed by atoms with Crippen LogP contribution in [-0.2, 0) is 10.0 Å². The van der Waals surface area contributed by atoms with Crippen molar-refractivity contribution in [3.8, 4) is 0 Å². The highest BCUT2D eigenvalue weighted by atomic mass is 35.5. The first-order chi connectivity index (χ1) is 11.5. The van der Waals surface area contributed by atoms with Crippen molar-refractivity contribution in [2.24, 2.45) is 0 Å². The standard InChI is InChI=1S/C17H19ClN2O2S2/c1-23-16-5-7-17(8-6-16)24(21,22)20-11-9-19(10-12-20)15-4-2-3-14(18)13-15/h2-8,13H,9-12H2,1H3. The topological polar surface area (TPSA) is 40.6 Å². The smallest absolute Gasteiger partial charge is 0.243 e. The van der Waals surface area contributed by atoms with Crippen molar-refractivity contribution in [1.29, 1.82) is 0 Å². The van der Waals surface area contributed by atoms with E-state index >= 15 is 0 Å². The number of piperazine rings is 1. The van der Waals surface area contributed by atoms with E-state index in [-0.39, 0.29) is 0 Å². The van der Waals surface area contributed by atoms with Crippen LogP contribution >= 0.6 is 23.4 Å². The molecule has 1 fully saturated rings. The maximum atomic E-state index is 12.8. The molecule has 3 rings (SSSR count). The van der Waals surface area contributed by atoms with E-state index in [1.54, 1.807) is 28.2 Å². The highest BCUT2D eigenvalue weighted by Crippen LogP contribution is 2.24. The van der Waals surface area contributed by atoms with Crippen LogP contribution in [0.3, 0.4) is 0 Å². The molecule has 0 atom stereocenters. The maximum Gasteiger partial charge on any atom is 0.243 e. The first-order valence-electron chi connectivity index (χ1n) is 7.65. The molecule has 0 spiro atoms. The molecule has 0 aromatic heterocycles. The lowest BCUT2D eigenvalue weighted by Gasteiger charge is -2.35. The van der Waals surface area contributed by atoms with Crippen molar-refractivity contribution >= 4 is 39.1 Å². The number of sulfonamides is 1. The molecular weight excluding hydrogens is 364 g/mol. The van der Waals surface area contributed by atoms with Crippen LogP contribution in [0, 0.1) is 0 Å². The molecule has 1 aliphatic rings. The SMILES string of the molecule is CSc1ccc(S(=O)(=O)N2CCN(c3cccc(Cl)c3)CC2)cc1. The molecule has 0 aliphatic carbocycles. The Morgan fingerprint density at radius 1 is 1.00 bits per heavy atom. The Balaban J connectivity index is 1.71. The van der Waals surface area contributed by atoms with Gasteiger partial charge in [-0.2, -0.15) is 4.31 Å². The Hall–Kier alpha value is -1.21. The highest BCUT2D eigenvalue weighted by molar-refractivity contribution is 7.98. The molecule has 24 heavy (non-hydrogen) atoms. The summed E-state index contributed by atoms with van der Waals surface area (Å²) >= 11 is 7.63. The highest BCUT2D eigenvalue weighted by Gasteiger charge is 2.28. The second-order valence-electron chi connectivity index (χ2n) is 5.55. The van der Waals surface area contributed by atoms with Crippen molar-refractivity contribution in [3.05, 3.63) is 53.6 Å². The van der Waals surface area contributed by atoms with Crippen molar-refractivity contribution < 1.29 is 8.42 Å². The Kier molecular flexibility index (Phi) is 5.39. The van der Waals surface area contributed by atoms with E-state index in [1.165, 1.54) is 0 Å². The zero-order valence-corrected chi connectivity index (χ0v) is 15.7. The number of anilines is 1. The van der Waals surface area contributed by atoms with Gasteiger partial charge in [0.05, 0.1) is 4.90 Å². The van der Waals surface area contributed by atoms with Gasteiger partial charge in [0.1, 0.15) is 0 Å². The van der Waals surface area contributed by atoms with Gasteiger partial charge in [-0.15, -0.1) is 11.8 Å². The predicted molar refractivity (Wildman–Crippen MR) is 101 cm³/mol. The molecule has 7 heteroatoms. The van der Waals surface area contributed by atoms with E-state index in [9.17, 15) is 8.42 Å². The summed E-state index contributed by atoms with van der Waals surface area (Å²) in [7, 11) is -3.43. The van der Waals surface area contributed by atoms with Gasteiger partial charge in [-0.25, -0.2) is 8.42 Å². The maximum absolute atomic E-state index is 12.8. The lowest BCUT2D eigenvalue weighted by Crippen LogP contribution is -2.48. The second-order valence-corrected chi connectivity index (χ2v) is 8.80. The number of nitrogens with zero attached hydrogens (tertiary/aromatic N) is 2. The minimum Gasteiger partial charge on any atom is -0.369 e. The van der Waals surface area contributed by atoms with Gasteiger partial charge in [-0.05, 0) is 48.7 Å². The minimum absolute atomic E-state index is 0.358. The fourth-order valence-corrected chi connectivity index (χ4v) is 4.77. The van der Waals surface area contributed by atoms with Crippen LogP contribution in [0.15, 0.2) is 58.3 Å². The normalized spacial score (nSPS) is 16.3. The van der Waals surface area contributed by atoms with Crippen molar-refractivity contribution in [2.75, 3.05) is 37.3 Å². The van der Waals surface area contributed by atoms with Crippen LogP contribution in [0.1, 0.15) is 0 Å². The molecule has 0 radical (unpaired) electrons. The van der Waals surface area contributed by atoms with Crippen molar-refractivity contribution in [1.82, 2.24) is 4.31 Å². The molecule has 0 unspecified atom stereocenters. The molecule has 0 N–H and O–H groups in total. The van der Waals surface area contributed by atoms with E-state index in [1.807, 2.05) is 42.7 Å². The summed E-state index contributed by atoms with van der Waals surface area (Å²) < 4.78 is 27.1.